The van der Waals surface area contributed by atoms with Crippen molar-refractivity contribution in [2.24, 2.45) is 0 Å². The fourth-order valence-corrected chi connectivity index (χ4v) is 2.98. The van der Waals surface area contributed by atoms with Gasteiger partial charge in [0.2, 0.25) is 0 Å². The number of esters is 2. The molecule has 0 atom stereocenters. The molecular weight excluding hydrogens is 294 g/mol. The monoisotopic (exact) mass is 309 g/mol. The van der Waals surface area contributed by atoms with Gasteiger partial charge >= 0.3 is 11.9 Å². The van der Waals surface area contributed by atoms with E-state index in [1.54, 1.807) is 11.5 Å². The number of anilines is 1. The van der Waals surface area contributed by atoms with Gasteiger partial charge in [-0.05, 0) is 24.8 Å². The van der Waals surface area contributed by atoms with Crippen LogP contribution in [0.25, 0.3) is 5.69 Å². The lowest BCUT2D eigenvalue weighted by Gasteiger charge is -2.09. The summed E-state index contributed by atoms with van der Waals surface area (Å²) < 4.78 is 11.0. The van der Waals surface area contributed by atoms with Gasteiger partial charge in [-0.2, -0.15) is 0 Å². The third-order valence-electron chi connectivity index (χ3n) is 3.00. The van der Waals surface area contributed by atoms with Gasteiger partial charge in [0.1, 0.15) is 16.5 Å². The van der Waals surface area contributed by atoms with Crippen molar-refractivity contribution < 1.29 is 19.1 Å². The van der Waals surface area contributed by atoms with E-state index in [1.807, 2.05) is 12.3 Å². The zero-order chi connectivity index (χ0) is 15.7. The second kappa shape index (κ2) is 5.57. The highest BCUT2D eigenvalue weighted by Crippen LogP contribution is 2.31. The minimum absolute atomic E-state index is 0.0245. The van der Waals surface area contributed by atoms with Crippen molar-refractivity contribution in [3.05, 3.63) is 27.3 Å². The normalized spacial score (nSPS) is 10.5. The van der Waals surface area contributed by atoms with Crippen LogP contribution in [0.3, 0.4) is 0 Å². The molecule has 0 aliphatic carbocycles. The van der Waals surface area contributed by atoms with Crippen LogP contribution in [0.4, 0.5) is 5.82 Å². The van der Waals surface area contributed by atoms with Crippen molar-refractivity contribution in [3.63, 3.8) is 0 Å². The number of methoxy groups -OCH3 is 2. The molecule has 0 fully saturated rings. The molecule has 8 heteroatoms. The molecule has 2 heterocycles. The van der Waals surface area contributed by atoms with Crippen LogP contribution in [0.1, 0.15) is 31.5 Å². The molecular formula is C13H15N3O4S. The third-order valence-corrected chi connectivity index (χ3v) is 4.06. The average molecular weight is 309 g/mol. The van der Waals surface area contributed by atoms with Gasteiger partial charge in [0.15, 0.2) is 5.69 Å². The number of ether oxygens (including phenoxy) is 2. The summed E-state index contributed by atoms with van der Waals surface area (Å²) in [5.41, 5.74) is 7.44. The highest BCUT2D eigenvalue weighted by Gasteiger charge is 2.25. The van der Waals surface area contributed by atoms with E-state index in [9.17, 15) is 9.59 Å². The van der Waals surface area contributed by atoms with Gasteiger partial charge in [0, 0.05) is 0 Å². The molecule has 2 aromatic rings. The maximum atomic E-state index is 11.9. The molecule has 0 aliphatic rings. The van der Waals surface area contributed by atoms with E-state index in [-0.39, 0.29) is 11.5 Å². The van der Waals surface area contributed by atoms with E-state index >= 15 is 0 Å². The van der Waals surface area contributed by atoms with E-state index in [0.29, 0.717) is 16.4 Å². The van der Waals surface area contributed by atoms with E-state index in [0.717, 1.165) is 5.56 Å². The minimum Gasteiger partial charge on any atom is -0.465 e. The molecule has 0 bridgehead atoms. The van der Waals surface area contributed by atoms with Crippen molar-refractivity contribution >= 4 is 29.1 Å². The number of thiophene rings is 1. The topological polar surface area (TPSA) is 96.4 Å². The fourth-order valence-electron chi connectivity index (χ4n) is 2.03. The molecule has 21 heavy (non-hydrogen) atoms. The predicted molar refractivity (Wildman–Crippen MR) is 78.0 cm³/mol. The number of hydrogen-bond donors (Lipinski definition) is 1. The highest BCUT2D eigenvalue weighted by atomic mass is 32.1. The van der Waals surface area contributed by atoms with Crippen molar-refractivity contribution in [2.75, 3.05) is 20.0 Å². The number of nitrogens with two attached hydrogens (primary N) is 1. The van der Waals surface area contributed by atoms with Crippen LogP contribution in [0.2, 0.25) is 0 Å². The van der Waals surface area contributed by atoms with Crippen LogP contribution in [0.15, 0.2) is 5.38 Å². The lowest BCUT2D eigenvalue weighted by Crippen LogP contribution is -2.10. The van der Waals surface area contributed by atoms with Gasteiger partial charge in [-0.1, -0.05) is 0 Å². The Morgan fingerprint density at radius 1 is 1.24 bits per heavy atom. The Kier molecular flexibility index (Phi) is 3.99. The summed E-state index contributed by atoms with van der Waals surface area (Å²) in [5, 5.41) is 1.82. The van der Waals surface area contributed by atoms with Crippen molar-refractivity contribution in [3.8, 4) is 5.69 Å². The first-order chi connectivity index (χ1) is 9.92. The molecule has 112 valence electrons. The second-order valence-corrected chi connectivity index (χ2v) is 5.19. The number of hydrogen-bond acceptors (Lipinski definition) is 7. The molecule has 0 spiro atoms. The highest BCUT2D eigenvalue weighted by molar-refractivity contribution is 7.12. The molecule has 2 N–H and O–H groups in total. The molecule has 7 nitrogen and oxygen atoms in total. The average Bonchev–Trinajstić information content (AvgIpc) is 2.97. The summed E-state index contributed by atoms with van der Waals surface area (Å²) in [7, 11) is 2.57. The number of carbonyl (C=O) groups is 2. The Bertz CT molecular complexity index is 717. The van der Waals surface area contributed by atoms with Crippen LogP contribution in [0, 0.1) is 13.8 Å². The maximum absolute atomic E-state index is 11.9. The van der Waals surface area contributed by atoms with Crippen molar-refractivity contribution in [1.29, 1.82) is 0 Å². The largest absolute Gasteiger partial charge is 0.465 e. The summed E-state index contributed by atoms with van der Waals surface area (Å²) >= 11 is 1.25. The summed E-state index contributed by atoms with van der Waals surface area (Å²) in [4.78, 5) is 28.0. The Labute approximate surface area is 125 Å². The first-order valence-corrected chi connectivity index (χ1v) is 6.90. The van der Waals surface area contributed by atoms with Gasteiger partial charge in [0.25, 0.3) is 0 Å². The van der Waals surface area contributed by atoms with Crippen molar-refractivity contribution in [2.45, 2.75) is 13.8 Å². The van der Waals surface area contributed by atoms with Gasteiger partial charge in [0.05, 0.1) is 19.9 Å². The molecule has 0 radical (unpaired) electrons. The number of aromatic nitrogens is 2. The van der Waals surface area contributed by atoms with E-state index < -0.39 is 11.9 Å². The second-order valence-electron chi connectivity index (χ2n) is 4.31. The molecule has 0 amide bonds. The lowest BCUT2D eigenvalue weighted by molar-refractivity contribution is 0.0591. The standard InChI is InChI=1S/C13H15N3O4S/c1-6-5-21-10(13(18)20-4)9(6)16-7(2)15-8(11(16)14)12(17)19-3/h5H,14H2,1-4H3. The van der Waals surface area contributed by atoms with E-state index in [2.05, 4.69) is 9.72 Å². The van der Waals surface area contributed by atoms with E-state index in [4.69, 9.17) is 10.5 Å². The van der Waals surface area contributed by atoms with Gasteiger partial charge in [-0.25, -0.2) is 14.6 Å². The maximum Gasteiger partial charge on any atom is 0.360 e. The zero-order valence-corrected chi connectivity index (χ0v) is 12.9. The Morgan fingerprint density at radius 2 is 1.86 bits per heavy atom. The number of imidazole rings is 1. The lowest BCUT2D eigenvalue weighted by atomic mass is 10.2. The van der Waals surface area contributed by atoms with Crippen molar-refractivity contribution in [1.82, 2.24) is 9.55 Å². The Hall–Kier alpha value is -2.35. The first kappa shape index (κ1) is 15.0. The van der Waals surface area contributed by atoms with Gasteiger partial charge in [-0.3, -0.25) is 4.57 Å². The molecule has 0 aromatic carbocycles. The Balaban J connectivity index is 2.69. The van der Waals surface area contributed by atoms with Crippen LogP contribution >= 0.6 is 11.3 Å². The molecule has 2 rings (SSSR count). The molecule has 2 aromatic heterocycles. The summed E-state index contributed by atoms with van der Waals surface area (Å²) in [6.45, 7) is 3.54. The summed E-state index contributed by atoms with van der Waals surface area (Å²) in [6, 6.07) is 0. The van der Waals surface area contributed by atoms with Crippen LogP contribution in [0.5, 0.6) is 0 Å². The molecule has 0 unspecified atom stereocenters. The molecule has 0 aliphatic heterocycles. The predicted octanol–water partition coefficient (Wildman–Crippen LogP) is 1.71. The quantitative estimate of drug-likeness (QED) is 0.867. The number of nitrogens with zero attached hydrogens (tertiary/aromatic N) is 2. The van der Waals surface area contributed by atoms with E-state index in [1.165, 1.54) is 25.6 Å². The van der Waals surface area contributed by atoms with Crippen LogP contribution < -0.4 is 5.73 Å². The minimum atomic E-state index is -0.623. The Morgan fingerprint density at radius 3 is 2.43 bits per heavy atom. The van der Waals surface area contributed by atoms with Gasteiger partial charge < -0.3 is 15.2 Å². The number of carbonyl (C=O) groups excluding carboxylic acids is 2. The molecule has 0 saturated carbocycles. The number of nitrogen functional groups attached to an aromatic ring is 1. The fraction of sp³-hybridized carbons (Fsp3) is 0.308. The summed E-state index contributed by atoms with van der Waals surface area (Å²) in [5.74, 6) is -0.470. The SMILES string of the molecule is COC(=O)c1nc(C)n(-c2c(C)csc2C(=O)OC)c1N. The summed E-state index contributed by atoms with van der Waals surface area (Å²) in [6.07, 6.45) is 0. The third kappa shape index (κ3) is 2.38. The van der Waals surface area contributed by atoms with Crippen LogP contribution in [-0.2, 0) is 9.47 Å². The zero-order valence-electron chi connectivity index (χ0n) is 12.1. The number of aryl methyl sites for hydroxylation is 2. The smallest absolute Gasteiger partial charge is 0.360 e. The van der Waals surface area contributed by atoms with Crippen LogP contribution in [-0.4, -0.2) is 35.7 Å². The number of rotatable bonds is 3. The molecule has 0 saturated heterocycles. The first-order valence-electron chi connectivity index (χ1n) is 6.02. The van der Waals surface area contributed by atoms with Gasteiger partial charge in [-0.15, -0.1) is 11.3 Å².